The summed E-state index contributed by atoms with van der Waals surface area (Å²) in [5, 5.41) is 0.723. The van der Waals surface area contributed by atoms with Crippen LogP contribution in [0.25, 0.3) is 10.6 Å². The predicted molar refractivity (Wildman–Crippen MR) is 79.9 cm³/mol. The Morgan fingerprint density at radius 2 is 2.20 bits per heavy atom. The number of nitrogens with zero attached hydrogens (tertiary/aromatic N) is 1. The molecule has 6 heteroatoms. The second-order valence-electron chi connectivity index (χ2n) is 4.88. The van der Waals surface area contributed by atoms with Crippen LogP contribution >= 0.6 is 27.3 Å². The minimum atomic E-state index is -0.869. The lowest BCUT2D eigenvalue weighted by atomic mass is 9.91. The van der Waals surface area contributed by atoms with E-state index in [0.717, 1.165) is 36.0 Å². The number of thiazole rings is 1. The fourth-order valence-corrected chi connectivity index (χ4v) is 4.40. The third kappa shape index (κ3) is 2.29. The maximum Gasteiger partial charge on any atom is 0.173 e. The lowest BCUT2D eigenvalue weighted by Gasteiger charge is -2.18. The van der Waals surface area contributed by atoms with Gasteiger partial charge in [0.1, 0.15) is 5.01 Å². The van der Waals surface area contributed by atoms with Crippen LogP contribution in [0.3, 0.4) is 0 Å². The van der Waals surface area contributed by atoms with E-state index in [1.807, 2.05) is 0 Å². The molecule has 1 heterocycles. The number of aryl methyl sites for hydroxylation is 1. The van der Waals surface area contributed by atoms with E-state index >= 15 is 0 Å². The van der Waals surface area contributed by atoms with Crippen molar-refractivity contribution in [3.8, 4) is 10.6 Å². The lowest BCUT2D eigenvalue weighted by Crippen LogP contribution is -2.17. The molecule has 0 amide bonds. The number of fused-ring (bicyclic) bond motifs is 1. The maximum atomic E-state index is 13.6. The summed E-state index contributed by atoms with van der Waals surface area (Å²) in [5.74, 6) is -1.44. The Kier molecular flexibility index (Phi) is 3.88. The van der Waals surface area contributed by atoms with Gasteiger partial charge in [0.25, 0.3) is 0 Å². The van der Waals surface area contributed by atoms with Gasteiger partial charge in [0.05, 0.1) is 10.2 Å². The quantitative estimate of drug-likeness (QED) is 0.815. The van der Waals surface area contributed by atoms with Crippen LogP contribution < -0.4 is 5.73 Å². The molecular formula is C14H13BrF2N2S. The highest BCUT2D eigenvalue weighted by Crippen LogP contribution is 2.40. The van der Waals surface area contributed by atoms with Crippen LogP contribution in [0.2, 0.25) is 0 Å². The van der Waals surface area contributed by atoms with Crippen molar-refractivity contribution in [2.24, 2.45) is 5.73 Å². The van der Waals surface area contributed by atoms with Gasteiger partial charge in [0.15, 0.2) is 11.6 Å². The second kappa shape index (κ2) is 5.50. The van der Waals surface area contributed by atoms with E-state index < -0.39 is 11.6 Å². The van der Waals surface area contributed by atoms with Crippen molar-refractivity contribution >= 4 is 27.3 Å². The highest BCUT2D eigenvalue weighted by molar-refractivity contribution is 9.10. The van der Waals surface area contributed by atoms with E-state index in [9.17, 15) is 8.78 Å². The molecule has 0 saturated heterocycles. The Labute approximate surface area is 128 Å². The summed E-state index contributed by atoms with van der Waals surface area (Å²) >= 11 is 4.67. The Morgan fingerprint density at radius 3 is 2.95 bits per heavy atom. The van der Waals surface area contributed by atoms with Crippen molar-refractivity contribution in [1.82, 2.24) is 4.98 Å². The van der Waals surface area contributed by atoms with Gasteiger partial charge in [0, 0.05) is 22.9 Å². The van der Waals surface area contributed by atoms with Crippen molar-refractivity contribution in [3.63, 3.8) is 0 Å². The van der Waals surface area contributed by atoms with Gasteiger partial charge in [-0.05, 0) is 47.3 Å². The summed E-state index contributed by atoms with van der Waals surface area (Å²) in [6.07, 6.45) is 3.14. The zero-order valence-corrected chi connectivity index (χ0v) is 13.0. The van der Waals surface area contributed by atoms with Crippen molar-refractivity contribution in [3.05, 3.63) is 38.8 Å². The molecule has 2 N–H and O–H groups in total. The van der Waals surface area contributed by atoms with Gasteiger partial charge in [-0.1, -0.05) is 0 Å². The van der Waals surface area contributed by atoms with Crippen LogP contribution in [0, 0.1) is 11.6 Å². The summed E-state index contributed by atoms with van der Waals surface area (Å²) in [5.41, 5.74) is 7.42. The molecule has 1 aliphatic rings. The third-order valence-corrected chi connectivity index (χ3v) is 5.56. The molecule has 1 aliphatic carbocycles. The molecule has 0 bridgehead atoms. The zero-order valence-electron chi connectivity index (χ0n) is 10.6. The molecular weight excluding hydrogens is 346 g/mol. The summed E-state index contributed by atoms with van der Waals surface area (Å²) < 4.78 is 27.0. The van der Waals surface area contributed by atoms with Crippen LogP contribution in [-0.4, -0.2) is 11.5 Å². The average Bonchev–Trinajstić information content (AvgIpc) is 2.88. The minimum Gasteiger partial charge on any atom is -0.330 e. The van der Waals surface area contributed by atoms with Crippen LogP contribution in [0.4, 0.5) is 8.78 Å². The molecule has 0 saturated carbocycles. The topological polar surface area (TPSA) is 38.9 Å². The highest BCUT2D eigenvalue weighted by Gasteiger charge is 2.25. The van der Waals surface area contributed by atoms with E-state index in [2.05, 4.69) is 20.9 Å². The largest absolute Gasteiger partial charge is 0.330 e. The van der Waals surface area contributed by atoms with E-state index in [-0.39, 0.29) is 10.4 Å². The number of hydrogen-bond acceptors (Lipinski definition) is 3. The molecule has 1 aromatic heterocycles. The monoisotopic (exact) mass is 358 g/mol. The summed E-state index contributed by atoms with van der Waals surface area (Å²) in [7, 11) is 0. The standard InChI is InChI=1S/C14H13BrF2N2S/c15-11-8(4-5-9(16)12(11)17)14-19-13-7(6-18)2-1-3-10(13)20-14/h4-5,7H,1-3,6,18H2. The molecule has 2 nitrogen and oxygen atoms in total. The first kappa shape index (κ1) is 14.1. The molecule has 3 rings (SSSR count). The minimum absolute atomic E-state index is 0.132. The molecule has 0 radical (unpaired) electrons. The van der Waals surface area contributed by atoms with Crippen LogP contribution in [0.15, 0.2) is 16.6 Å². The highest BCUT2D eigenvalue weighted by atomic mass is 79.9. The van der Waals surface area contributed by atoms with Gasteiger partial charge in [-0.3, -0.25) is 0 Å². The van der Waals surface area contributed by atoms with Crippen molar-refractivity contribution < 1.29 is 8.78 Å². The van der Waals surface area contributed by atoms with E-state index in [0.29, 0.717) is 12.1 Å². The number of benzene rings is 1. The first-order valence-electron chi connectivity index (χ1n) is 6.45. The number of aromatic nitrogens is 1. The number of rotatable bonds is 2. The van der Waals surface area contributed by atoms with Crippen LogP contribution in [-0.2, 0) is 6.42 Å². The number of halogens is 3. The Balaban J connectivity index is 2.08. The van der Waals surface area contributed by atoms with Gasteiger partial charge in [-0.25, -0.2) is 13.8 Å². The van der Waals surface area contributed by atoms with Crippen molar-refractivity contribution in [2.45, 2.75) is 25.2 Å². The molecule has 106 valence electrons. The number of hydrogen-bond donors (Lipinski definition) is 1. The normalized spacial score (nSPS) is 18.1. The first-order valence-corrected chi connectivity index (χ1v) is 8.06. The zero-order chi connectivity index (χ0) is 14.3. The smallest absolute Gasteiger partial charge is 0.173 e. The molecule has 0 spiro atoms. The molecule has 0 aliphatic heterocycles. The Hall–Kier alpha value is -0.850. The fraction of sp³-hybridized carbons (Fsp3) is 0.357. The first-order chi connectivity index (χ1) is 9.61. The molecule has 2 aromatic rings. The Morgan fingerprint density at radius 1 is 1.40 bits per heavy atom. The SMILES string of the molecule is NCC1CCCc2sc(-c3ccc(F)c(F)c3Br)nc21. The maximum absolute atomic E-state index is 13.6. The van der Waals surface area contributed by atoms with Gasteiger partial charge < -0.3 is 5.73 Å². The van der Waals surface area contributed by atoms with E-state index in [1.54, 1.807) is 17.4 Å². The van der Waals surface area contributed by atoms with Crippen LogP contribution in [0.5, 0.6) is 0 Å². The fourth-order valence-electron chi connectivity index (χ4n) is 2.54. The average molecular weight is 359 g/mol. The molecule has 1 aromatic carbocycles. The predicted octanol–water partition coefficient (Wildman–Crippen LogP) is 4.23. The van der Waals surface area contributed by atoms with Gasteiger partial charge >= 0.3 is 0 Å². The molecule has 1 atom stereocenters. The molecule has 1 unspecified atom stereocenters. The van der Waals surface area contributed by atoms with Gasteiger partial charge in [-0.15, -0.1) is 11.3 Å². The van der Waals surface area contributed by atoms with Crippen molar-refractivity contribution in [1.29, 1.82) is 0 Å². The molecule has 0 fully saturated rings. The molecule has 20 heavy (non-hydrogen) atoms. The number of nitrogens with two attached hydrogens (primary N) is 1. The van der Waals surface area contributed by atoms with Gasteiger partial charge in [0.2, 0.25) is 0 Å². The summed E-state index contributed by atoms with van der Waals surface area (Å²) in [6.45, 7) is 0.578. The summed E-state index contributed by atoms with van der Waals surface area (Å²) in [4.78, 5) is 5.84. The lowest BCUT2D eigenvalue weighted by molar-refractivity contribution is 0.504. The Bertz CT molecular complexity index is 657. The van der Waals surface area contributed by atoms with Crippen LogP contribution in [0.1, 0.15) is 29.3 Å². The third-order valence-electron chi connectivity index (χ3n) is 3.62. The summed E-state index contributed by atoms with van der Waals surface area (Å²) in [6, 6.07) is 2.69. The van der Waals surface area contributed by atoms with Gasteiger partial charge in [-0.2, -0.15) is 0 Å². The van der Waals surface area contributed by atoms with E-state index in [4.69, 9.17) is 5.73 Å². The van der Waals surface area contributed by atoms with E-state index in [1.165, 1.54) is 4.88 Å². The van der Waals surface area contributed by atoms with Crippen molar-refractivity contribution in [2.75, 3.05) is 6.54 Å². The second-order valence-corrected chi connectivity index (χ2v) is 6.75.